The second-order valence-electron chi connectivity index (χ2n) is 6.13. The summed E-state index contributed by atoms with van der Waals surface area (Å²) in [5.74, 6) is -0.0476. The van der Waals surface area contributed by atoms with Crippen LogP contribution in [0.25, 0.3) is 0 Å². The van der Waals surface area contributed by atoms with Crippen molar-refractivity contribution in [3.63, 3.8) is 0 Å². The minimum absolute atomic E-state index is 0.148. The number of anilines is 1. The lowest BCUT2D eigenvalue weighted by molar-refractivity contribution is -0.114. The lowest BCUT2D eigenvalue weighted by Gasteiger charge is -2.22. The van der Waals surface area contributed by atoms with Crippen LogP contribution in [-0.4, -0.2) is 17.5 Å². The van der Waals surface area contributed by atoms with Gasteiger partial charge in [-0.1, -0.05) is 18.2 Å². The lowest BCUT2D eigenvalue weighted by atomic mass is 9.85. The van der Waals surface area contributed by atoms with Crippen molar-refractivity contribution >= 4 is 23.2 Å². The van der Waals surface area contributed by atoms with Gasteiger partial charge in [-0.3, -0.25) is 9.59 Å². The van der Waals surface area contributed by atoms with Gasteiger partial charge in [-0.2, -0.15) is 5.10 Å². The number of rotatable bonds is 4. The second kappa shape index (κ2) is 7.73. The van der Waals surface area contributed by atoms with Gasteiger partial charge in [0.1, 0.15) is 0 Å². The summed E-state index contributed by atoms with van der Waals surface area (Å²) in [6.07, 6.45) is 3.90. The van der Waals surface area contributed by atoms with E-state index in [4.69, 9.17) is 0 Å². The minimum atomic E-state index is -0.276. The fourth-order valence-corrected chi connectivity index (χ4v) is 2.51. The monoisotopic (exact) mass is 325 g/mol. The average Bonchev–Trinajstić information content (AvgIpc) is 2.53. The van der Waals surface area contributed by atoms with E-state index < -0.39 is 0 Å². The zero-order valence-electron chi connectivity index (χ0n) is 14.3. The van der Waals surface area contributed by atoms with Crippen molar-refractivity contribution in [2.45, 2.75) is 33.6 Å². The Morgan fingerprint density at radius 2 is 1.88 bits per heavy atom. The van der Waals surface area contributed by atoms with Crippen molar-refractivity contribution in [2.24, 2.45) is 11.0 Å². The Labute approximate surface area is 142 Å². The third kappa shape index (κ3) is 4.65. The van der Waals surface area contributed by atoms with Crippen LogP contribution in [0.5, 0.6) is 0 Å². The smallest absolute Gasteiger partial charge is 0.271 e. The maximum absolute atomic E-state index is 12.2. The first-order valence-corrected chi connectivity index (χ1v) is 7.94. The molecule has 0 saturated heterocycles. The van der Waals surface area contributed by atoms with Crippen molar-refractivity contribution in [3.8, 4) is 0 Å². The number of nitrogens with zero attached hydrogens (tertiary/aromatic N) is 1. The molecule has 2 N–H and O–H groups in total. The molecule has 0 aliphatic heterocycles. The van der Waals surface area contributed by atoms with Gasteiger partial charge in [0.05, 0.1) is 5.71 Å². The molecule has 0 heterocycles. The molecule has 0 aromatic heterocycles. The van der Waals surface area contributed by atoms with E-state index in [-0.39, 0.29) is 11.8 Å². The van der Waals surface area contributed by atoms with E-state index in [2.05, 4.69) is 28.5 Å². The number of nitrogens with one attached hydrogen (secondary N) is 2. The van der Waals surface area contributed by atoms with Crippen molar-refractivity contribution < 1.29 is 9.59 Å². The fraction of sp³-hybridized carbons (Fsp3) is 0.316. The van der Waals surface area contributed by atoms with E-state index in [1.807, 2.05) is 13.8 Å². The zero-order chi connectivity index (χ0) is 17.7. The van der Waals surface area contributed by atoms with Crippen LogP contribution < -0.4 is 10.7 Å². The van der Waals surface area contributed by atoms with Gasteiger partial charge in [0.15, 0.2) is 0 Å². The van der Waals surface area contributed by atoms with Gasteiger partial charge in [0, 0.05) is 18.2 Å². The number of carbonyl (C=O) groups is 2. The predicted octanol–water partition coefficient (Wildman–Crippen LogP) is 3.66. The number of allylic oxidation sites excluding steroid dienone is 3. The molecule has 2 rings (SSSR count). The summed E-state index contributed by atoms with van der Waals surface area (Å²) in [6, 6.07) is 6.68. The van der Waals surface area contributed by atoms with Crippen molar-refractivity contribution in [1.82, 2.24) is 5.43 Å². The predicted molar refractivity (Wildman–Crippen MR) is 96.9 cm³/mol. The van der Waals surface area contributed by atoms with Crippen LogP contribution in [0, 0.1) is 5.92 Å². The van der Waals surface area contributed by atoms with Gasteiger partial charge in [-0.05, 0) is 62.4 Å². The Kier molecular flexibility index (Phi) is 5.68. The summed E-state index contributed by atoms with van der Waals surface area (Å²) in [5.41, 5.74) is 6.86. The molecule has 1 atom stereocenters. The molecule has 0 radical (unpaired) electrons. The highest BCUT2D eigenvalue weighted by Gasteiger charge is 2.18. The van der Waals surface area contributed by atoms with Crippen LogP contribution in [0.4, 0.5) is 5.69 Å². The number of carbonyl (C=O) groups excluding carboxylic acids is 2. The number of hydrazone groups is 1. The highest BCUT2D eigenvalue weighted by atomic mass is 16.2. The van der Waals surface area contributed by atoms with Gasteiger partial charge >= 0.3 is 0 Å². The number of hydrogen-bond acceptors (Lipinski definition) is 3. The van der Waals surface area contributed by atoms with Crippen LogP contribution in [-0.2, 0) is 4.79 Å². The van der Waals surface area contributed by atoms with E-state index in [0.717, 1.165) is 29.7 Å². The molecule has 0 saturated carbocycles. The molecule has 24 heavy (non-hydrogen) atoms. The maximum Gasteiger partial charge on any atom is 0.271 e. The number of hydrogen-bond donors (Lipinski definition) is 2. The van der Waals surface area contributed by atoms with Gasteiger partial charge in [0.25, 0.3) is 5.91 Å². The topological polar surface area (TPSA) is 70.6 Å². The molecule has 1 aromatic carbocycles. The molecule has 0 unspecified atom stereocenters. The van der Waals surface area contributed by atoms with E-state index in [1.165, 1.54) is 6.92 Å². The molecule has 1 aliphatic carbocycles. The first-order chi connectivity index (χ1) is 11.4. The summed E-state index contributed by atoms with van der Waals surface area (Å²) < 4.78 is 0. The molecule has 5 heteroatoms. The molecule has 5 nitrogen and oxygen atoms in total. The van der Waals surface area contributed by atoms with Crippen LogP contribution in [0.2, 0.25) is 0 Å². The quantitative estimate of drug-likeness (QED) is 0.655. The van der Waals surface area contributed by atoms with Gasteiger partial charge in [0.2, 0.25) is 5.91 Å². The van der Waals surface area contributed by atoms with Crippen molar-refractivity contribution in [3.05, 3.63) is 53.6 Å². The number of amides is 2. The Bertz CT molecular complexity index is 715. The third-order valence-corrected chi connectivity index (χ3v) is 4.06. The third-order valence-electron chi connectivity index (χ3n) is 4.06. The van der Waals surface area contributed by atoms with Crippen molar-refractivity contribution in [1.29, 1.82) is 0 Å². The van der Waals surface area contributed by atoms with Gasteiger partial charge < -0.3 is 5.32 Å². The van der Waals surface area contributed by atoms with E-state index in [9.17, 15) is 9.59 Å². The van der Waals surface area contributed by atoms with Crippen LogP contribution >= 0.6 is 0 Å². The molecule has 126 valence electrons. The largest absolute Gasteiger partial charge is 0.326 e. The molecule has 1 aromatic rings. The average molecular weight is 325 g/mol. The van der Waals surface area contributed by atoms with E-state index in [0.29, 0.717) is 17.2 Å². The molecule has 0 bridgehead atoms. The minimum Gasteiger partial charge on any atom is -0.326 e. The van der Waals surface area contributed by atoms with Crippen LogP contribution in [0.3, 0.4) is 0 Å². The first-order valence-electron chi connectivity index (χ1n) is 7.94. The van der Waals surface area contributed by atoms with Crippen LogP contribution in [0.1, 0.15) is 44.0 Å². The van der Waals surface area contributed by atoms with Gasteiger partial charge in [-0.25, -0.2) is 5.43 Å². The lowest BCUT2D eigenvalue weighted by Crippen LogP contribution is -2.23. The highest BCUT2D eigenvalue weighted by molar-refractivity contribution is 6.02. The summed E-state index contributed by atoms with van der Waals surface area (Å²) >= 11 is 0. The molecule has 1 aliphatic rings. The summed E-state index contributed by atoms with van der Waals surface area (Å²) in [4.78, 5) is 23.2. The van der Waals surface area contributed by atoms with E-state index in [1.54, 1.807) is 24.3 Å². The maximum atomic E-state index is 12.2. The first kappa shape index (κ1) is 17.7. The van der Waals surface area contributed by atoms with E-state index >= 15 is 0 Å². The molecule has 0 fully saturated rings. The Hall–Kier alpha value is -2.69. The Balaban J connectivity index is 2.03. The molecule has 2 amide bonds. The van der Waals surface area contributed by atoms with Gasteiger partial charge in [-0.15, -0.1) is 0 Å². The molecular formula is C19H23N3O2. The summed E-state index contributed by atoms with van der Waals surface area (Å²) in [5, 5.41) is 6.94. The second-order valence-corrected chi connectivity index (χ2v) is 6.13. The Morgan fingerprint density at radius 3 is 2.46 bits per heavy atom. The normalized spacial score (nSPS) is 18.7. The molecule has 0 spiro atoms. The fourth-order valence-electron chi connectivity index (χ4n) is 2.51. The standard InChI is InChI=1S/C19H23N3O2/c1-12(2)16-6-5-13(3)18(11-16)21-22-19(24)15-7-9-17(10-8-15)20-14(4)23/h5,7-10,16H,1,6,11H2,2-4H3,(H,20,23)(H,22,24)/b21-18+/t16-/m0/s1. The summed E-state index contributed by atoms with van der Waals surface area (Å²) in [6.45, 7) is 9.47. The highest BCUT2D eigenvalue weighted by Crippen LogP contribution is 2.26. The molecular weight excluding hydrogens is 302 g/mol. The summed E-state index contributed by atoms with van der Waals surface area (Å²) in [7, 11) is 0. The number of benzene rings is 1. The zero-order valence-corrected chi connectivity index (χ0v) is 14.3. The van der Waals surface area contributed by atoms with Crippen molar-refractivity contribution in [2.75, 3.05) is 5.32 Å². The Morgan fingerprint density at radius 1 is 1.21 bits per heavy atom. The van der Waals surface area contributed by atoms with Crippen LogP contribution in [0.15, 0.2) is 53.2 Å². The SMILES string of the molecule is C=C(C)[C@H]1CC=C(C)/C(=N/NC(=O)c2ccc(NC(C)=O)cc2)C1.